The van der Waals surface area contributed by atoms with Crippen LogP contribution < -0.4 is 15.5 Å². The van der Waals surface area contributed by atoms with E-state index in [1.54, 1.807) is 35.9 Å². The Morgan fingerprint density at radius 2 is 1.69 bits per heavy atom. The molecule has 0 aromatic heterocycles. The largest absolute Gasteiger partial charge is 0.358 e. The highest BCUT2D eigenvalue weighted by Crippen LogP contribution is 2.40. The number of rotatable bonds is 7. The molecule has 42 heavy (non-hydrogen) atoms. The second-order valence-electron chi connectivity index (χ2n) is 11.7. The van der Waals surface area contributed by atoms with Crippen LogP contribution in [0.5, 0.6) is 0 Å². The van der Waals surface area contributed by atoms with Crippen LogP contribution in [0.2, 0.25) is 0 Å². The van der Waals surface area contributed by atoms with E-state index in [1.165, 1.54) is 6.07 Å². The van der Waals surface area contributed by atoms with E-state index < -0.39 is 23.3 Å². The summed E-state index contributed by atoms with van der Waals surface area (Å²) in [6.07, 6.45) is 5.48. The molecule has 9 nitrogen and oxygen atoms in total. The van der Waals surface area contributed by atoms with Crippen LogP contribution in [0.1, 0.15) is 60.9 Å². The summed E-state index contributed by atoms with van der Waals surface area (Å²) in [5.74, 6) is -1.73. The molecule has 2 aliphatic heterocycles. The van der Waals surface area contributed by atoms with Gasteiger partial charge in [0.05, 0.1) is 12.2 Å². The lowest BCUT2D eigenvalue weighted by Gasteiger charge is -2.44. The third-order valence-corrected chi connectivity index (χ3v) is 9.21. The topological polar surface area (TPSA) is 102 Å². The van der Waals surface area contributed by atoms with Gasteiger partial charge in [-0.05, 0) is 62.3 Å². The minimum Gasteiger partial charge on any atom is -0.358 e. The Morgan fingerprint density at radius 3 is 2.36 bits per heavy atom. The van der Waals surface area contributed by atoms with E-state index in [4.69, 9.17) is 0 Å². The molecule has 1 aliphatic carbocycles. The van der Waals surface area contributed by atoms with Crippen molar-refractivity contribution in [2.24, 2.45) is 5.92 Å². The molecule has 224 valence electrons. The van der Waals surface area contributed by atoms with Crippen molar-refractivity contribution in [3.8, 4) is 0 Å². The van der Waals surface area contributed by atoms with E-state index >= 15 is 0 Å². The van der Waals surface area contributed by atoms with Gasteiger partial charge in [0.25, 0.3) is 11.8 Å². The zero-order chi connectivity index (χ0) is 29.9. The molecular weight excluding hydrogens is 537 g/mol. The van der Waals surface area contributed by atoms with Gasteiger partial charge in [0, 0.05) is 25.8 Å². The first kappa shape index (κ1) is 29.5. The molecule has 10 heteroatoms. The van der Waals surface area contributed by atoms with Crippen molar-refractivity contribution in [2.45, 2.75) is 63.5 Å². The van der Waals surface area contributed by atoms with Crippen LogP contribution in [0.25, 0.3) is 0 Å². The fourth-order valence-corrected chi connectivity index (χ4v) is 6.76. The third kappa shape index (κ3) is 5.71. The summed E-state index contributed by atoms with van der Waals surface area (Å²) < 4.78 is 14.8. The van der Waals surface area contributed by atoms with Gasteiger partial charge in [-0.25, -0.2) is 4.39 Å². The Bertz CT molecular complexity index is 1320. The predicted octanol–water partition coefficient (Wildman–Crippen LogP) is 3.23. The van der Waals surface area contributed by atoms with E-state index in [9.17, 15) is 23.6 Å². The number of hydrogen-bond donors (Lipinski definition) is 2. The maximum absolute atomic E-state index is 14.8. The van der Waals surface area contributed by atoms with Gasteiger partial charge < -0.3 is 25.3 Å². The van der Waals surface area contributed by atoms with Gasteiger partial charge in [-0.3, -0.25) is 19.2 Å². The van der Waals surface area contributed by atoms with Crippen LogP contribution in [-0.4, -0.2) is 78.4 Å². The quantitative estimate of drug-likeness (QED) is 0.526. The number of aryl methyl sites for hydroxylation is 1. The summed E-state index contributed by atoms with van der Waals surface area (Å²) in [6.45, 7) is 2.53. The van der Waals surface area contributed by atoms with Crippen LogP contribution in [-0.2, 0) is 14.4 Å². The zero-order valence-electron chi connectivity index (χ0n) is 24.4. The Labute approximate surface area is 246 Å². The molecule has 1 spiro atoms. The summed E-state index contributed by atoms with van der Waals surface area (Å²) in [4.78, 5) is 58.7. The van der Waals surface area contributed by atoms with E-state index in [0.717, 1.165) is 37.8 Å². The average molecular weight is 578 g/mol. The van der Waals surface area contributed by atoms with Crippen LogP contribution in [0, 0.1) is 18.7 Å². The first-order valence-electron chi connectivity index (χ1n) is 14.9. The predicted molar refractivity (Wildman–Crippen MR) is 157 cm³/mol. The molecule has 0 unspecified atom stereocenters. The van der Waals surface area contributed by atoms with E-state index in [-0.39, 0.29) is 42.4 Å². The SMILES string of the molecule is CNC(=O)CN1CN(c2ccccc2)C2(CCN(C(=O)[C@H](NC(=O)c3cccc(C)c3F)C3CCCCC3)CC2)C1=O. The number of likely N-dealkylation sites (tertiary alicyclic amines) is 1. The van der Waals surface area contributed by atoms with Crippen LogP contribution in [0.15, 0.2) is 48.5 Å². The summed E-state index contributed by atoms with van der Waals surface area (Å²) in [7, 11) is 1.55. The maximum Gasteiger partial charge on any atom is 0.254 e. The Morgan fingerprint density at radius 1 is 1.00 bits per heavy atom. The van der Waals surface area contributed by atoms with Gasteiger partial charge in [0.2, 0.25) is 11.8 Å². The molecule has 0 bridgehead atoms. The molecule has 5 rings (SSSR count). The highest BCUT2D eigenvalue weighted by atomic mass is 19.1. The molecule has 1 saturated carbocycles. The fourth-order valence-electron chi connectivity index (χ4n) is 6.76. The molecule has 2 aromatic rings. The highest BCUT2D eigenvalue weighted by molar-refractivity contribution is 5.99. The van der Waals surface area contributed by atoms with Crippen molar-refractivity contribution in [1.29, 1.82) is 0 Å². The Balaban J connectivity index is 1.36. The molecular formula is C32H40FN5O4. The Hall–Kier alpha value is -3.95. The maximum atomic E-state index is 14.8. The highest BCUT2D eigenvalue weighted by Gasteiger charge is 2.54. The van der Waals surface area contributed by atoms with E-state index in [2.05, 4.69) is 15.5 Å². The minimum atomic E-state index is -0.875. The number of nitrogens with zero attached hydrogens (tertiary/aromatic N) is 3. The number of hydrogen-bond acceptors (Lipinski definition) is 5. The molecule has 2 saturated heterocycles. The number of piperidine rings is 1. The standard InChI is InChI=1S/C32H40FN5O4/c1-22-10-9-15-25(27(22)33)29(40)35-28(23-11-5-3-6-12-23)30(41)36-18-16-32(17-19-36)31(42)37(20-26(39)34-2)21-38(32)24-13-7-4-8-14-24/h4,7-10,13-15,23,28H,3,5-6,11-12,16-21H2,1-2H3,(H,34,39)(H,35,40)/t28-/m1/s1. The molecule has 4 amide bonds. The first-order valence-corrected chi connectivity index (χ1v) is 14.9. The number of likely N-dealkylation sites (N-methyl/N-ethyl adjacent to an activating group) is 1. The second kappa shape index (κ2) is 12.5. The number of anilines is 1. The van der Waals surface area contributed by atoms with Crippen molar-refractivity contribution in [3.63, 3.8) is 0 Å². The average Bonchev–Trinajstić information content (AvgIpc) is 3.28. The van der Waals surface area contributed by atoms with Gasteiger partial charge in [-0.1, -0.05) is 49.6 Å². The number of carbonyl (C=O) groups is 4. The molecule has 3 fully saturated rings. The van der Waals surface area contributed by atoms with Crippen molar-refractivity contribution < 1.29 is 23.6 Å². The smallest absolute Gasteiger partial charge is 0.254 e. The first-order chi connectivity index (χ1) is 20.2. The zero-order valence-corrected chi connectivity index (χ0v) is 24.4. The number of benzene rings is 2. The van der Waals surface area contributed by atoms with Gasteiger partial charge >= 0.3 is 0 Å². The van der Waals surface area contributed by atoms with Gasteiger partial charge in [-0.2, -0.15) is 0 Å². The van der Waals surface area contributed by atoms with Crippen molar-refractivity contribution in [3.05, 3.63) is 65.5 Å². The van der Waals surface area contributed by atoms with Crippen molar-refractivity contribution >= 4 is 29.3 Å². The number of nitrogens with one attached hydrogen (secondary N) is 2. The second-order valence-corrected chi connectivity index (χ2v) is 11.7. The minimum absolute atomic E-state index is 0.0315. The van der Waals surface area contributed by atoms with Crippen molar-refractivity contribution in [2.75, 3.05) is 38.3 Å². The number of halogens is 1. The summed E-state index contributed by atoms with van der Waals surface area (Å²) in [6, 6.07) is 13.6. The molecule has 2 N–H and O–H groups in total. The van der Waals surface area contributed by atoms with Crippen LogP contribution in [0.4, 0.5) is 10.1 Å². The van der Waals surface area contributed by atoms with Crippen molar-refractivity contribution in [1.82, 2.24) is 20.4 Å². The van der Waals surface area contributed by atoms with E-state index in [1.807, 2.05) is 30.3 Å². The monoisotopic (exact) mass is 577 g/mol. The molecule has 1 atom stereocenters. The molecule has 3 aliphatic rings. The number of carbonyl (C=O) groups excluding carboxylic acids is 4. The fraction of sp³-hybridized carbons (Fsp3) is 0.500. The summed E-state index contributed by atoms with van der Waals surface area (Å²) in [5, 5.41) is 5.50. The van der Waals surface area contributed by atoms with Gasteiger partial charge in [0.1, 0.15) is 23.9 Å². The van der Waals surface area contributed by atoms with Gasteiger partial charge in [0.15, 0.2) is 0 Å². The van der Waals surface area contributed by atoms with Crippen LogP contribution >= 0.6 is 0 Å². The third-order valence-electron chi connectivity index (χ3n) is 9.21. The van der Waals surface area contributed by atoms with Crippen LogP contribution in [0.3, 0.4) is 0 Å². The number of amides is 4. The Kier molecular flexibility index (Phi) is 8.80. The van der Waals surface area contributed by atoms with E-state index in [0.29, 0.717) is 31.5 Å². The molecule has 0 radical (unpaired) electrons. The van der Waals surface area contributed by atoms with Gasteiger partial charge in [-0.15, -0.1) is 0 Å². The summed E-state index contributed by atoms with van der Waals surface area (Å²) in [5.41, 5.74) is 0.324. The molecule has 2 heterocycles. The summed E-state index contributed by atoms with van der Waals surface area (Å²) >= 11 is 0. The lowest BCUT2D eigenvalue weighted by molar-refractivity contribution is -0.141. The molecule has 2 aromatic carbocycles. The normalized spacial score (nSPS) is 19.6. The number of para-hydroxylation sites is 1. The lowest BCUT2D eigenvalue weighted by atomic mass is 9.81. The lowest BCUT2D eigenvalue weighted by Crippen LogP contribution is -2.60.